The Labute approximate surface area is 130 Å². The van der Waals surface area contributed by atoms with Gasteiger partial charge in [0.25, 0.3) is 0 Å². The molecule has 3 unspecified atom stereocenters. The number of hydrogen-bond acceptors (Lipinski definition) is 3. The number of hydrogen-bond donors (Lipinski definition) is 1. The van der Waals surface area contributed by atoms with Crippen LogP contribution in [0.15, 0.2) is 15.2 Å². The van der Waals surface area contributed by atoms with Gasteiger partial charge in [-0.05, 0) is 51.7 Å². The number of aliphatic carboxylic acids is 1. The quantitative estimate of drug-likeness (QED) is 0.897. The van der Waals surface area contributed by atoms with Gasteiger partial charge in [-0.3, -0.25) is 9.59 Å². The standard InChI is InChI=1S/C14H18BrNO3S/c1-8-3-10(11(4-8)14(18)19)13(17)16(2)6-9-5-12(15)20-7-9/h5,7-8,10-11H,3-4,6H2,1-2H3,(H,18,19). The van der Waals surface area contributed by atoms with Gasteiger partial charge in [0.15, 0.2) is 0 Å². The number of thiophene rings is 1. The Morgan fingerprint density at radius 3 is 2.65 bits per heavy atom. The highest BCUT2D eigenvalue weighted by Gasteiger charge is 2.42. The summed E-state index contributed by atoms with van der Waals surface area (Å²) in [6.45, 7) is 2.54. The minimum atomic E-state index is -0.848. The van der Waals surface area contributed by atoms with Crippen molar-refractivity contribution in [2.45, 2.75) is 26.3 Å². The molecule has 1 aromatic heterocycles. The monoisotopic (exact) mass is 359 g/mol. The number of carbonyl (C=O) groups is 2. The van der Waals surface area contributed by atoms with Crippen molar-refractivity contribution in [2.24, 2.45) is 17.8 Å². The number of carboxylic acid groups (broad SMARTS) is 1. The first kappa shape index (κ1) is 15.5. The van der Waals surface area contributed by atoms with Gasteiger partial charge in [-0.15, -0.1) is 11.3 Å². The van der Waals surface area contributed by atoms with E-state index in [0.29, 0.717) is 25.3 Å². The highest BCUT2D eigenvalue weighted by atomic mass is 79.9. The number of halogens is 1. The summed E-state index contributed by atoms with van der Waals surface area (Å²) < 4.78 is 1.03. The molecule has 4 nitrogen and oxygen atoms in total. The fourth-order valence-corrected chi connectivity index (χ4v) is 4.10. The van der Waals surface area contributed by atoms with Crippen LogP contribution in [0.4, 0.5) is 0 Å². The van der Waals surface area contributed by atoms with Crippen molar-refractivity contribution < 1.29 is 14.7 Å². The summed E-state index contributed by atoms with van der Waals surface area (Å²) in [6.07, 6.45) is 1.27. The molecule has 1 heterocycles. The van der Waals surface area contributed by atoms with Crippen LogP contribution < -0.4 is 0 Å². The topological polar surface area (TPSA) is 57.6 Å². The van der Waals surface area contributed by atoms with E-state index in [9.17, 15) is 14.7 Å². The summed E-state index contributed by atoms with van der Waals surface area (Å²) in [5.41, 5.74) is 1.07. The van der Waals surface area contributed by atoms with Crippen molar-refractivity contribution in [3.05, 3.63) is 20.8 Å². The SMILES string of the molecule is CC1CC(C(=O)O)C(C(=O)N(C)Cc2csc(Br)c2)C1. The third-order valence-electron chi connectivity index (χ3n) is 3.85. The fraction of sp³-hybridized carbons (Fsp3) is 0.571. The molecule has 1 aromatic rings. The molecule has 20 heavy (non-hydrogen) atoms. The van der Waals surface area contributed by atoms with E-state index in [1.165, 1.54) is 0 Å². The maximum atomic E-state index is 12.5. The van der Waals surface area contributed by atoms with Crippen LogP contribution >= 0.6 is 27.3 Å². The second-order valence-electron chi connectivity index (χ2n) is 5.58. The van der Waals surface area contributed by atoms with Crippen LogP contribution in [-0.2, 0) is 16.1 Å². The molecule has 0 aliphatic heterocycles. The van der Waals surface area contributed by atoms with Crippen LogP contribution in [0.25, 0.3) is 0 Å². The molecular weight excluding hydrogens is 342 g/mol. The van der Waals surface area contributed by atoms with Gasteiger partial charge in [-0.2, -0.15) is 0 Å². The molecule has 1 amide bonds. The third kappa shape index (κ3) is 3.41. The summed E-state index contributed by atoms with van der Waals surface area (Å²) in [4.78, 5) is 25.4. The van der Waals surface area contributed by atoms with Crippen molar-refractivity contribution in [3.8, 4) is 0 Å². The molecule has 1 aliphatic carbocycles. The van der Waals surface area contributed by atoms with Gasteiger partial charge >= 0.3 is 5.97 Å². The van der Waals surface area contributed by atoms with Gasteiger partial charge in [-0.1, -0.05) is 6.92 Å². The Morgan fingerprint density at radius 2 is 2.10 bits per heavy atom. The predicted molar refractivity (Wildman–Crippen MR) is 81.5 cm³/mol. The normalized spacial score (nSPS) is 25.6. The second kappa shape index (κ2) is 6.26. The van der Waals surface area contributed by atoms with Crippen molar-refractivity contribution in [1.29, 1.82) is 0 Å². The molecule has 0 radical (unpaired) electrons. The zero-order chi connectivity index (χ0) is 14.9. The maximum absolute atomic E-state index is 12.5. The second-order valence-corrected chi connectivity index (χ2v) is 7.87. The molecule has 1 saturated carbocycles. The first-order valence-electron chi connectivity index (χ1n) is 6.59. The fourth-order valence-electron chi connectivity index (χ4n) is 2.90. The van der Waals surface area contributed by atoms with Gasteiger partial charge in [0, 0.05) is 13.6 Å². The van der Waals surface area contributed by atoms with Crippen molar-refractivity contribution in [2.75, 3.05) is 7.05 Å². The van der Waals surface area contributed by atoms with Gasteiger partial charge in [-0.25, -0.2) is 0 Å². The lowest BCUT2D eigenvalue weighted by molar-refractivity contribution is -0.148. The Balaban J connectivity index is 2.04. The zero-order valence-electron chi connectivity index (χ0n) is 11.5. The van der Waals surface area contributed by atoms with Gasteiger partial charge in [0.1, 0.15) is 0 Å². The van der Waals surface area contributed by atoms with E-state index in [1.807, 2.05) is 18.4 Å². The molecule has 0 aromatic carbocycles. The lowest BCUT2D eigenvalue weighted by Gasteiger charge is -2.23. The summed E-state index contributed by atoms with van der Waals surface area (Å²) in [6, 6.07) is 1.99. The Bertz CT molecular complexity index is 516. The van der Waals surface area contributed by atoms with E-state index in [1.54, 1.807) is 23.3 Å². The van der Waals surface area contributed by atoms with E-state index in [0.717, 1.165) is 9.35 Å². The largest absolute Gasteiger partial charge is 0.481 e. The molecule has 3 atom stereocenters. The molecule has 1 N–H and O–H groups in total. The first-order valence-corrected chi connectivity index (χ1v) is 8.26. The molecule has 1 aliphatic rings. The smallest absolute Gasteiger partial charge is 0.307 e. The molecular formula is C14H18BrNO3S. The van der Waals surface area contributed by atoms with Gasteiger partial charge < -0.3 is 10.0 Å². The summed E-state index contributed by atoms with van der Waals surface area (Å²) in [5, 5.41) is 11.2. The van der Waals surface area contributed by atoms with E-state index in [-0.39, 0.29) is 11.8 Å². The molecule has 110 valence electrons. The number of carboxylic acids is 1. The molecule has 0 spiro atoms. The molecule has 6 heteroatoms. The zero-order valence-corrected chi connectivity index (χ0v) is 13.9. The van der Waals surface area contributed by atoms with Crippen LogP contribution in [0, 0.1) is 17.8 Å². The highest BCUT2D eigenvalue weighted by molar-refractivity contribution is 9.11. The van der Waals surface area contributed by atoms with E-state index >= 15 is 0 Å². The van der Waals surface area contributed by atoms with E-state index in [2.05, 4.69) is 15.9 Å². The van der Waals surface area contributed by atoms with E-state index in [4.69, 9.17) is 0 Å². The third-order valence-corrected chi connectivity index (χ3v) is 5.40. The Morgan fingerprint density at radius 1 is 1.45 bits per heavy atom. The van der Waals surface area contributed by atoms with Crippen LogP contribution in [0.1, 0.15) is 25.3 Å². The van der Waals surface area contributed by atoms with Gasteiger partial charge in [0.05, 0.1) is 15.6 Å². The summed E-state index contributed by atoms with van der Waals surface area (Å²) in [5.74, 6) is -1.51. The van der Waals surface area contributed by atoms with Crippen LogP contribution in [0.5, 0.6) is 0 Å². The summed E-state index contributed by atoms with van der Waals surface area (Å²) in [7, 11) is 1.75. The maximum Gasteiger partial charge on any atom is 0.307 e. The summed E-state index contributed by atoms with van der Waals surface area (Å²) >= 11 is 4.98. The van der Waals surface area contributed by atoms with Crippen molar-refractivity contribution >= 4 is 39.1 Å². The average molecular weight is 360 g/mol. The van der Waals surface area contributed by atoms with Crippen LogP contribution in [0.2, 0.25) is 0 Å². The lowest BCUT2D eigenvalue weighted by atomic mass is 9.95. The number of carbonyl (C=O) groups excluding carboxylic acids is 1. The molecule has 2 rings (SSSR count). The predicted octanol–water partition coefficient (Wildman–Crippen LogP) is 3.22. The minimum Gasteiger partial charge on any atom is -0.481 e. The number of nitrogens with zero attached hydrogens (tertiary/aromatic N) is 1. The molecule has 0 bridgehead atoms. The Kier molecular flexibility index (Phi) is 4.86. The van der Waals surface area contributed by atoms with Crippen LogP contribution in [-0.4, -0.2) is 28.9 Å². The molecule has 1 fully saturated rings. The number of amides is 1. The van der Waals surface area contributed by atoms with Crippen molar-refractivity contribution in [3.63, 3.8) is 0 Å². The van der Waals surface area contributed by atoms with E-state index < -0.39 is 11.9 Å². The average Bonchev–Trinajstić information content (AvgIpc) is 2.94. The number of rotatable bonds is 4. The minimum absolute atomic E-state index is 0.0518. The van der Waals surface area contributed by atoms with Crippen molar-refractivity contribution in [1.82, 2.24) is 4.90 Å². The van der Waals surface area contributed by atoms with Gasteiger partial charge in [0.2, 0.25) is 5.91 Å². The molecule has 0 saturated heterocycles. The Hall–Kier alpha value is -0.880. The highest BCUT2D eigenvalue weighted by Crippen LogP contribution is 2.37. The first-order chi connectivity index (χ1) is 9.38. The van der Waals surface area contributed by atoms with Crippen LogP contribution in [0.3, 0.4) is 0 Å². The lowest BCUT2D eigenvalue weighted by Crippen LogP contribution is -2.36.